The predicted octanol–water partition coefficient (Wildman–Crippen LogP) is 3.52. The summed E-state index contributed by atoms with van der Waals surface area (Å²) >= 11 is 3.33. The van der Waals surface area contributed by atoms with Crippen molar-refractivity contribution in [1.82, 2.24) is 4.90 Å². The van der Waals surface area contributed by atoms with E-state index in [2.05, 4.69) is 15.9 Å². The van der Waals surface area contributed by atoms with Gasteiger partial charge in [-0.2, -0.15) is 0 Å². The summed E-state index contributed by atoms with van der Waals surface area (Å²) in [5, 5.41) is 19.8. The van der Waals surface area contributed by atoms with Crippen LogP contribution in [0.25, 0.3) is 11.3 Å². The van der Waals surface area contributed by atoms with Gasteiger partial charge in [0, 0.05) is 28.7 Å². The summed E-state index contributed by atoms with van der Waals surface area (Å²) in [7, 11) is 0. The van der Waals surface area contributed by atoms with Gasteiger partial charge in [0.15, 0.2) is 0 Å². The average molecular weight is 395 g/mol. The number of carboxylic acids is 1. The SMILES string of the molecule is O=C(O)C1CCN(Cc2ccc(-c3ccc([N+](=O)[O-])cc3Br)o2)C1. The Hall–Kier alpha value is -2.19. The Kier molecular flexibility index (Phi) is 4.68. The first-order valence-corrected chi connectivity index (χ1v) is 8.21. The molecule has 0 radical (unpaired) electrons. The molecular formula is C16H15BrN2O5. The van der Waals surface area contributed by atoms with E-state index in [-0.39, 0.29) is 11.6 Å². The molecule has 126 valence electrons. The van der Waals surface area contributed by atoms with E-state index in [0.29, 0.717) is 29.7 Å². The standard InChI is InChI=1S/C16H15BrN2O5/c17-14-7-11(19(22)23)1-3-13(14)15-4-2-12(24-15)9-18-6-5-10(8-18)16(20)21/h1-4,7,10H,5-6,8-9H2,(H,20,21). The van der Waals surface area contributed by atoms with Crippen LogP contribution in [-0.2, 0) is 11.3 Å². The molecule has 1 aliphatic heterocycles. The Labute approximate surface area is 146 Å². The highest BCUT2D eigenvalue weighted by molar-refractivity contribution is 9.10. The summed E-state index contributed by atoms with van der Waals surface area (Å²) < 4.78 is 6.41. The molecule has 1 aromatic carbocycles. The number of halogens is 1. The number of benzene rings is 1. The third kappa shape index (κ3) is 3.49. The number of nitrogens with zero attached hydrogens (tertiary/aromatic N) is 2. The van der Waals surface area contributed by atoms with E-state index in [9.17, 15) is 14.9 Å². The number of aliphatic carboxylic acids is 1. The topological polar surface area (TPSA) is 96.8 Å². The van der Waals surface area contributed by atoms with Crippen LogP contribution in [0.4, 0.5) is 5.69 Å². The number of hydrogen-bond donors (Lipinski definition) is 1. The highest BCUT2D eigenvalue weighted by Crippen LogP contribution is 2.33. The van der Waals surface area contributed by atoms with Crippen LogP contribution in [0, 0.1) is 16.0 Å². The van der Waals surface area contributed by atoms with Gasteiger partial charge in [-0.1, -0.05) is 0 Å². The number of carboxylic acid groups (broad SMARTS) is 1. The largest absolute Gasteiger partial charge is 0.481 e. The molecule has 7 nitrogen and oxygen atoms in total. The van der Waals surface area contributed by atoms with Crippen LogP contribution in [0.1, 0.15) is 12.2 Å². The number of likely N-dealkylation sites (tertiary alicyclic amines) is 1. The number of carbonyl (C=O) groups is 1. The third-order valence-electron chi connectivity index (χ3n) is 4.09. The molecule has 1 atom stereocenters. The molecule has 24 heavy (non-hydrogen) atoms. The number of hydrogen-bond acceptors (Lipinski definition) is 5. The van der Waals surface area contributed by atoms with Crippen LogP contribution in [0.15, 0.2) is 39.2 Å². The summed E-state index contributed by atoms with van der Waals surface area (Å²) in [4.78, 5) is 23.4. The van der Waals surface area contributed by atoms with E-state index in [1.807, 2.05) is 17.0 Å². The van der Waals surface area contributed by atoms with Crippen molar-refractivity contribution in [3.05, 3.63) is 50.7 Å². The zero-order chi connectivity index (χ0) is 17.3. The van der Waals surface area contributed by atoms with Crippen LogP contribution >= 0.6 is 15.9 Å². The van der Waals surface area contributed by atoms with E-state index in [1.54, 1.807) is 6.07 Å². The summed E-state index contributed by atoms with van der Waals surface area (Å²) in [5.41, 5.74) is 0.742. The monoisotopic (exact) mass is 394 g/mol. The zero-order valence-electron chi connectivity index (χ0n) is 12.6. The lowest BCUT2D eigenvalue weighted by Crippen LogP contribution is -2.22. The van der Waals surface area contributed by atoms with Crippen LogP contribution in [0.5, 0.6) is 0 Å². The molecule has 0 aliphatic carbocycles. The van der Waals surface area contributed by atoms with Crippen molar-refractivity contribution in [2.75, 3.05) is 13.1 Å². The third-order valence-corrected chi connectivity index (χ3v) is 4.75. The van der Waals surface area contributed by atoms with Crippen molar-refractivity contribution in [2.24, 2.45) is 5.92 Å². The van der Waals surface area contributed by atoms with Crippen molar-refractivity contribution in [1.29, 1.82) is 0 Å². The minimum atomic E-state index is -0.757. The van der Waals surface area contributed by atoms with Gasteiger partial charge >= 0.3 is 5.97 Å². The normalized spacial score (nSPS) is 18.0. The molecule has 1 aromatic heterocycles. The van der Waals surface area contributed by atoms with Gasteiger partial charge in [0.2, 0.25) is 0 Å². The lowest BCUT2D eigenvalue weighted by Gasteiger charge is -2.12. The highest BCUT2D eigenvalue weighted by Gasteiger charge is 2.28. The molecule has 1 aliphatic rings. The fourth-order valence-electron chi connectivity index (χ4n) is 2.82. The zero-order valence-corrected chi connectivity index (χ0v) is 14.2. The van der Waals surface area contributed by atoms with E-state index in [4.69, 9.17) is 9.52 Å². The number of furan rings is 1. The molecule has 0 saturated carbocycles. The summed E-state index contributed by atoms with van der Waals surface area (Å²) in [5.74, 6) is 0.276. The van der Waals surface area contributed by atoms with Gasteiger partial charge in [-0.25, -0.2) is 0 Å². The second-order valence-electron chi connectivity index (χ2n) is 5.75. The lowest BCUT2D eigenvalue weighted by atomic mass is 10.1. The van der Waals surface area contributed by atoms with Crippen molar-refractivity contribution >= 4 is 27.6 Å². The van der Waals surface area contributed by atoms with Gasteiger partial charge in [-0.15, -0.1) is 0 Å². The average Bonchev–Trinajstić information content (AvgIpc) is 3.17. The van der Waals surface area contributed by atoms with E-state index >= 15 is 0 Å². The molecule has 3 rings (SSSR count). The first-order chi connectivity index (χ1) is 11.4. The fraction of sp³-hybridized carbons (Fsp3) is 0.312. The Morgan fingerprint density at radius 3 is 2.83 bits per heavy atom. The van der Waals surface area contributed by atoms with Crippen LogP contribution in [0.2, 0.25) is 0 Å². The second kappa shape index (κ2) is 6.74. The number of non-ortho nitro benzene ring substituents is 1. The van der Waals surface area contributed by atoms with Crippen molar-refractivity contribution in [3.63, 3.8) is 0 Å². The summed E-state index contributed by atoms with van der Waals surface area (Å²) in [6.07, 6.45) is 0.650. The van der Waals surface area contributed by atoms with Gasteiger partial charge in [-0.05, 0) is 47.1 Å². The molecule has 2 aromatic rings. The van der Waals surface area contributed by atoms with Gasteiger partial charge < -0.3 is 9.52 Å². The molecule has 2 heterocycles. The number of nitro groups is 1. The Bertz CT molecular complexity index is 789. The van der Waals surface area contributed by atoms with E-state index < -0.39 is 10.9 Å². The number of nitro benzene ring substituents is 1. The van der Waals surface area contributed by atoms with Gasteiger partial charge in [-0.3, -0.25) is 19.8 Å². The summed E-state index contributed by atoms with van der Waals surface area (Å²) in [6.45, 7) is 1.80. The van der Waals surface area contributed by atoms with Crippen molar-refractivity contribution in [3.8, 4) is 11.3 Å². The molecule has 0 amide bonds. The molecule has 1 unspecified atom stereocenters. The van der Waals surface area contributed by atoms with E-state index in [0.717, 1.165) is 17.9 Å². The van der Waals surface area contributed by atoms with Crippen LogP contribution in [0.3, 0.4) is 0 Å². The lowest BCUT2D eigenvalue weighted by molar-refractivity contribution is -0.384. The molecule has 0 spiro atoms. The van der Waals surface area contributed by atoms with Crippen LogP contribution in [-0.4, -0.2) is 34.0 Å². The molecule has 1 N–H and O–H groups in total. The predicted molar refractivity (Wildman–Crippen MR) is 89.5 cm³/mol. The van der Waals surface area contributed by atoms with Gasteiger partial charge in [0.25, 0.3) is 5.69 Å². The maximum Gasteiger partial charge on any atom is 0.307 e. The maximum atomic E-state index is 11.0. The smallest absolute Gasteiger partial charge is 0.307 e. The molecular weight excluding hydrogens is 380 g/mol. The molecule has 1 fully saturated rings. The summed E-state index contributed by atoms with van der Waals surface area (Å²) in [6, 6.07) is 8.17. The molecule has 0 bridgehead atoms. The van der Waals surface area contributed by atoms with Crippen molar-refractivity contribution in [2.45, 2.75) is 13.0 Å². The van der Waals surface area contributed by atoms with Crippen molar-refractivity contribution < 1.29 is 19.2 Å². The molecule has 1 saturated heterocycles. The highest BCUT2D eigenvalue weighted by atomic mass is 79.9. The molecule has 8 heteroatoms. The minimum Gasteiger partial charge on any atom is -0.481 e. The quantitative estimate of drug-likeness (QED) is 0.615. The number of rotatable bonds is 5. The Balaban J connectivity index is 1.72. The maximum absolute atomic E-state index is 11.0. The fourth-order valence-corrected chi connectivity index (χ4v) is 3.39. The van der Waals surface area contributed by atoms with E-state index in [1.165, 1.54) is 12.1 Å². The van der Waals surface area contributed by atoms with Crippen LogP contribution < -0.4 is 0 Å². The second-order valence-corrected chi connectivity index (χ2v) is 6.60. The first-order valence-electron chi connectivity index (χ1n) is 7.42. The minimum absolute atomic E-state index is 0.00850. The van der Waals surface area contributed by atoms with Gasteiger partial charge in [0.05, 0.1) is 17.4 Å². The first kappa shape index (κ1) is 16.7. The Morgan fingerprint density at radius 1 is 1.42 bits per heavy atom. The van der Waals surface area contributed by atoms with Gasteiger partial charge in [0.1, 0.15) is 11.5 Å². The Morgan fingerprint density at radius 2 is 2.21 bits per heavy atom.